The average molecular weight is 630 g/mol. The van der Waals surface area contributed by atoms with Gasteiger partial charge in [-0.25, -0.2) is 8.78 Å². The van der Waals surface area contributed by atoms with Gasteiger partial charge in [-0.3, -0.25) is 19.7 Å². The Labute approximate surface area is 263 Å². The van der Waals surface area contributed by atoms with Gasteiger partial charge >= 0.3 is 0 Å². The Kier molecular flexibility index (Phi) is 12.1. The number of carbonyl (C=O) groups excluding carboxylic acids is 3. The molecule has 1 fully saturated rings. The van der Waals surface area contributed by atoms with Gasteiger partial charge in [0.25, 0.3) is 0 Å². The van der Waals surface area contributed by atoms with Gasteiger partial charge in [0.05, 0.1) is 6.04 Å². The summed E-state index contributed by atoms with van der Waals surface area (Å²) >= 11 is 0. The van der Waals surface area contributed by atoms with E-state index in [9.17, 15) is 28.3 Å². The lowest BCUT2D eigenvalue weighted by molar-refractivity contribution is -0.133. The summed E-state index contributed by atoms with van der Waals surface area (Å²) in [5, 5.41) is 21.5. The van der Waals surface area contributed by atoms with Crippen LogP contribution in [0.5, 0.6) is 11.5 Å². The predicted octanol–water partition coefficient (Wildman–Crippen LogP) is 2.42. The Morgan fingerprint density at radius 1 is 0.956 bits per heavy atom. The highest BCUT2D eigenvalue weighted by molar-refractivity contribution is 5.93. The van der Waals surface area contributed by atoms with Crippen LogP contribution in [-0.4, -0.2) is 84.7 Å². The highest BCUT2D eigenvalue weighted by Crippen LogP contribution is 2.24. The van der Waals surface area contributed by atoms with Gasteiger partial charge in [-0.2, -0.15) is 0 Å². The molecule has 246 valence electrons. The normalized spacial score (nSPS) is 24.5. The Morgan fingerprint density at radius 2 is 1.71 bits per heavy atom. The lowest BCUT2D eigenvalue weighted by atomic mass is 10.00. The van der Waals surface area contributed by atoms with Crippen molar-refractivity contribution in [3.8, 4) is 11.5 Å². The van der Waals surface area contributed by atoms with Crippen LogP contribution in [0.3, 0.4) is 0 Å². The van der Waals surface area contributed by atoms with E-state index in [0.717, 1.165) is 32.0 Å². The molecule has 0 aromatic heterocycles. The fourth-order valence-electron chi connectivity index (χ4n) is 5.73. The number of hydrogen-bond donors (Lipinski definition) is 5. The molecule has 0 radical (unpaired) electrons. The number of aromatic hydroxyl groups is 1. The van der Waals surface area contributed by atoms with Crippen molar-refractivity contribution in [3.05, 3.63) is 59.2 Å². The summed E-state index contributed by atoms with van der Waals surface area (Å²) in [6.07, 6.45) is 3.04. The molecule has 45 heavy (non-hydrogen) atoms. The zero-order valence-electron chi connectivity index (χ0n) is 26.2. The van der Waals surface area contributed by atoms with E-state index < -0.39 is 53.4 Å². The van der Waals surface area contributed by atoms with Crippen LogP contribution in [0.25, 0.3) is 0 Å². The number of nitrogens with zero attached hydrogens (tertiary/aromatic N) is 1. The van der Waals surface area contributed by atoms with Gasteiger partial charge in [0.1, 0.15) is 18.7 Å². The van der Waals surface area contributed by atoms with Crippen molar-refractivity contribution in [1.29, 1.82) is 0 Å². The van der Waals surface area contributed by atoms with Gasteiger partial charge in [-0.05, 0) is 87.4 Å². The van der Waals surface area contributed by atoms with Crippen LogP contribution in [0.2, 0.25) is 0 Å². The molecule has 0 aliphatic carbocycles. The molecule has 0 unspecified atom stereocenters. The van der Waals surface area contributed by atoms with Crippen LogP contribution in [0.1, 0.15) is 51.2 Å². The molecular formula is C33H45F2N5O5. The largest absolute Gasteiger partial charge is 0.505 e. The highest BCUT2D eigenvalue weighted by atomic mass is 19.1. The standard InChI is InChI=1S/C33H45F2N5O5/c1-20(2)29-33(44)38-27(18-40-14-4-5-15-40)31(42)36-13-7-9-23-8-6-10-24(34)30(23)45-19-21(3)37-26(32(43)39-29)17-22-11-12-28(41)25(35)16-22/h6,8,10-12,16,20-21,26-27,29,37,41H,4-5,7,9,13-15,17-19H2,1-3H3,(H,36,42)(H,38,44)(H,39,43)/t21-,26+,27-,29+/m0/s1. The summed E-state index contributed by atoms with van der Waals surface area (Å²) in [6.45, 7) is 7.71. The summed E-state index contributed by atoms with van der Waals surface area (Å²) < 4.78 is 35.0. The molecular weight excluding hydrogens is 584 g/mol. The van der Waals surface area contributed by atoms with Crippen molar-refractivity contribution in [2.24, 2.45) is 5.92 Å². The second-order valence-electron chi connectivity index (χ2n) is 12.3. The maximum absolute atomic E-state index is 14.9. The lowest BCUT2D eigenvalue weighted by Gasteiger charge is -2.30. The minimum Gasteiger partial charge on any atom is -0.505 e. The first kappa shape index (κ1) is 34.1. The number of halogens is 2. The molecule has 1 saturated heterocycles. The Bertz CT molecular complexity index is 1340. The molecule has 2 aliphatic rings. The first-order valence-electron chi connectivity index (χ1n) is 15.8. The molecule has 0 bridgehead atoms. The first-order valence-corrected chi connectivity index (χ1v) is 15.8. The number of rotatable bonds is 5. The molecule has 0 spiro atoms. The van der Waals surface area contributed by atoms with Crippen LogP contribution in [0.15, 0.2) is 36.4 Å². The van der Waals surface area contributed by atoms with Crippen LogP contribution >= 0.6 is 0 Å². The van der Waals surface area contributed by atoms with Crippen molar-refractivity contribution in [1.82, 2.24) is 26.2 Å². The lowest BCUT2D eigenvalue weighted by Crippen LogP contribution is -2.60. The van der Waals surface area contributed by atoms with Crippen molar-refractivity contribution in [2.75, 3.05) is 32.8 Å². The molecule has 5 N–H and O–H groups in total. The number of benzene rings is 2. The minimum absolute atomic E-state index is 0.0185. The minimum atomic E-state index is -0.960. The number of fused-ring (bicyclic) bond motifs is 1. The zero-order valence-corrected chi connectivity index (χ0v) is 26.2. The van der Waals surface area contributed by atoms with Gasteiger partial charge in [0.2, 0.25) is 17.7 Å². The SMILES string of the molecule is CC(C)[C@H]1NC(=O)[C@@H](Cc2ccc(O)c(F)c2)N[C@@H](C)COc2c(F)cccc2CCCNC(=O)[C@H](CN2CCCC2)NC1=O. The summed E-state index contributed by atoms with van der Waals surface area (Å²) in [5.41, 5.74) is 1.09. The number of hydrogen-bond acceptors (Lipinski definition) is 7. The summed E-state index contributed by atoms with van der Waals surface area (Å²) in [6, 6.07) is 5.38. The molecule has 2 aliphatic heterocycles. The van der Waals surface area contributed by atoms with E-state index in [4.69, 9.17) is 4.74 Å². The van der Waals surface area contributed by atoms with Crippen LogP contribution in [0.4, 0.5) is 8.78 Å². The third-order valence-electron chi connectivity index (χ3n) is 8.22. The molecule has 2 aromatic carbocycles. The maximum Gasteiger partial charge on any atom is 0.243 e. The van der Waals surface area contributed by atoms with Gasteiger partial charge in [0, 0.05) is 19.1 Å². The average Bonchev–Trinajstić information content (AvgIpc) is 3.51. The molecule has 12 heteroatoms. The van der Waals surface area contributed by atoms with E-state index in [1.165, 1.54) is 18.2 Å². The summed E-state index contributed by atoms with van der Waals surface area (Å²) in [4.78, 5) is 42.9. The van der Waals surface area contributed by atoms with Gasteiger partial charge < -0.3 is 30.7 Å². The molecule has 10 nitrogen and oxygen atoms in total. The Morgan fingerprint density at radius 3 is 2.42 bits per heavy atom. The van der Waals surface area contributed by atoms with E-state index in [1.54, 1.807) is 32.9 Å². The van der Waals surface area contributed by atoms with Crippen molar-refractivity contribution >= 4 is 17.7 Å². The second kappa shape index (κ2) is 16.0. The van der Waals surface area contributed by atoms with Gasteiger partial charge in [0.15, 0.2) is 23.1 Å². The predicted molar refractivity (Wildman–Crippen MR) is 166 cm³/mol. The number of aryl methyl sites for hydroxylation is 1. The molecule has 3 amide bonds. The summed E-state index contributed by atoms with van der Waals surface area (Å²) in [5.74, 6) is -3.37. The van der Waals surface area contributed by atoms with Crippen LogP contribution in [0, 0.1) is 17.6 Å². The molecule has 2 aromatic rings. The number of phenolic OH excluding ortho intramolecular Hbond substituents is 1. The number of nitrogens with one attached hydrogen (secondary N) is 4. The third-order valence-corrected chi connectivity index (χ3v) is 8.22. The molecule has 0 saturated carbocycles. The third kappa shape index (κ3) is 9.61. The van der Waals surface area contributed by atoms with E-state index >= 15 is 0 Å². The zero-order chi connectivity index (χ0) is 32.5. The highest BCUT2D eigenvalue weighted by Gasteiger charge is 2.33. The Balaban J connectivity index is 1.63. The smallest absolute Gasteiger partial charge is 0.243 e. The van der Waals surface area contributed by atoms with E-state index in [0.29, 0.717) is 37.1 Å². The van der Waals surface area contributed by atoms with Crippen molar-refractivity contribution < 1.29 is 33.0 Å². The van der Waals surface area contributed by atoms with Gasteiger partial charge in [-0.1, -0.05) is 32.0 Å². The van der Waals surface area contributed by atoms with Crippen molar-refractivity contribution in [2.45, 2.75) is 77.0 Å². The number of carbonyl (C=O) groups is 3. The quantitative estimate of drug-likeness (QED) is 0.343. The van der Waals surface area contributed by atoms with Crippen LogP contribution in [-0.2, 0) is 27.2 Å². The van der Waals surface area contributed by atoms with E-state index in [1.807, 2.05) is 0 Å². The monoisotopic (exact) mass is 629 g/mol. The number of para-hydroxylation sites is 1. The molecule has 4 atom stereocenters. The number of amides is 3. The topological polar surface area (TPSA) is 132 Å². The maximum atomic E-state index is 14.9. The van der Waals surface area contributed by atoms with E-state index in [2.05, 4.69) is 26.2 Å². The molecule has 2 heterocycles. The van der Waals surface area contributed by atoms with Crippen LogP contribution < -0.4 is 26.0 Å². The number of ether oxygens (including phenoxy) is 1. The fourth-order valence-corrected chi connectivity index (χ4v) is 5.73. The molecule has 4 rings (SSSR count). The summed E-state index contributed by atoms with van der Waals surface area (Å²) in [7, 11) is 0. The number of phenols is 1. The fraction of sp³-hybridized carbons (Fsp3) is 0.545. The first-order chi connectivity index (χ1) is 21.5. The number of likely N-dealkylation sites (tertiary alicyclic amines) is 1. The second-order valence-corrected chi connectivity index (χ2v) is 12.3. The van der Waals surface area contributed by atoms with E-state index in [-0.39, 0.29) is 30.6 Å². The van der Waals surface area contributed by atoms with Crippen molar-refractivity contribution in [3.63, 3.8) is 0 Å². The Hall–Kier alpha value is -3.77. The van der Waals surface area contributed by atoms with Gasteiger partial charge in [-0.15, -0.1) is 0 Å².